The lowest BCUT2D eigenvalue weighted by atomic mass is 11.9. The summed E-state index contributed by atoms with van der Waals surface area (Å²) in [5, 5.41) is 0. The molecule has 0 saturated heterocycles. The molecule has 0 amide bonds. The zero-order valence-corrected chi connectivity index (χ0v) is 27.8. The van der Waals surface area contributed by atoms with Gasteiger partial charge < -0.3 is 34.3 Å². The minimum Gasteiger partial charge on any atom is -0.416 e. The molecule has 0 bridgehead atoms. The highest BCUT2D eigenvalue weighted by molar-refractivity contribution is 6.91. The molecular formula is C14H44O8Si7. The minimum absolute atomic E-state index is 1.73. The lowest BCUT2D eigenvalue weighted by Crippen LogP contribution is -2.61. The van der Waals surface area contributed by atoms with E-state index >= 15 is 0 Å². The van der Waals surface area contributed by atoms with E-state index in [1.165, 1.54) is 0 Å². The fourth-order valence-electron chi connectivity index (χ4n) is 3.67. The van der Waals surface area contributed by atoms with Crippen molar-refractivity contribution < 1.29 is 34.3 Å². The highest BCUT2D eigenvalue weighted by Gasteiger charge is 2.48. The summed E-state index contributed by atoms with van der Waals surface area (Å²) in [5.74, 6) is 0. The molecule has 0 atom stereocenters. The molecule has 0 aromatic carbocycles. The van der Waals surface area contributed by atoms with Crippen molar-refractivity contribution in [2.45, 2.75) is 91.7 Å². The van der Waals surface area contributed by atoms with Gasteiger partial charge in [-0.05, 0) is 91.7 Å². The predicted octanol–water partition coefficient (Wildman–Crippen LogP) is 3.98. The molecule has 0 spiro atoms. The Bertz CT molecular complexity index is 495. The first kappa shape index (κ1) is 30.2. The standard InChI is InChI=1S/C14H44O8Si7/c1-23(2,15)17-25(5,6)19-27(9,10)21-29(13,14)22-28(11,12)20-26(7,8)18-24(3,4)16/h15-16H,1-14H3. The highest BCUT2D eigenvalue weighted by Crippen LogP contribution is 2.27. The Morgan fingerprint density at radius 3 is 0.586 bits per heavy atom. The van der Waals surface area contributed by atoms with Crippen molar-refractivity contribution in [3.63, 3.8) is 0 Å². The van der Waals surface area contributed by atoms with Crippen LogP contribution in [0.15, 0.2) is 0 Å². The van der Waals surface area contributed by atoms with E-state index in [9.17, 15) is 9.59 Å². The molecule has 0 aromatic rings. The molecular weight excluding hydrogens is 493 g/mol. The van der Waals surface area contributed by atoms with Crippen molar-refractivity contribution in [2.24, 2.45) is 0 Å². The van der Waals surface area contributed by atoms with E-state index in [2.05, 4.69) is 0 Å². The van der Waals surface area contributed by atoms with Crippen molar-refractivity contribution in [1.82, 2.24) is 0 Å². The third kappa shape index (κ3) is 15.6. The van der Waals surface area contributed by atoms with E-state index in [-0.39, 0.29) is 0 Å². The molecule has 29 heavy (non-hydrogen) atoms. The molecule has 8 nitrogen and oxygen atoms in total. The SMILES string of the molecule is C[Si](C)(O)O[Si](C)(C)O[Si](C)(C)O[Si](C)(C)O[Si](C)(C)O[Si](C)(C)O[Si](C)(C)O. The summed E-state index contributed by atoms with van der Waals surface area (Å²) in [6.07, 6.45) is 0. The van der Waals surface area contributed by atoms with Crippen LogP contribution in [-0.2, 0) is 24.7 Å². The quantitative estimate of drug-likeness (QED) is 0.362. The summed E-state index contributed by atoms with van der Waals surface area (Å²) >= 11 is 0. The van der Waals surface area contributed by atoms with Gasteiger partial charge in [0.1, 0.15) is 0 Å². The molecule has 0 aliphatic carbocycles. The van der Waals surface area contributed by atoms with Crippen LogP contribution in [0.5, 0.6) is 0 Å². The van der Waals surface area contributed by atoms with Gasteiger partial charge in [0.05, 0.1) is 0 Å². The van der Waals surface area contributed by atoms with Gasteiger partial charge in [-0.1, -0.05) is 0 Å². The van der Waals surface area contributed by atoms with Crippen molar-refractivity contribution in [2.75, 3.05) is 0 Å². The van der Waals surface area contributed by atoms with Crippen LogP contribution in [0.4, 0.5) is 0 Å². The van der Waals surface area contributed by atoms with Crippen molar-refractivity contribution in [3.8, 4) is 0 Å². The molecule has 0 heterocycles. The Balaban J connectivity index is 5.15. The number of hydrogen-bond acceptors (Lipinski definition) is 8. The first-order valence-electron chi connectivity index (χ1n) is 9.90. The average molecular weight is 537 g/mol. The Morgan fingerprint density at radius 1 is 0.310 bits per heavy atom. The fraction of sp³-hybridized carbons (Fsp3) is 1.00. The van der Waals surface area contributed by atoms with Crippen LogP contribution in [-0.4, -0.2) is 69.5 Å². The molecule has 15 heteroatoms. The molecule has 0 aromatic heterocycles. The van der Waals surface area contributed by atoms with E-state index in [1.54, 1.807) is 26.2 Å². The van der Waals surface area contributed by atoms with Crippen molar-refractivity contribution >= 4 is 59.9 Å². The summed E-state index contributed by atoms with van der Waals surface area (Å²) in [5.41, 5.74) is 0. The predicted molar refractivity (Wildman–Crippen MR) is 133 cm³/mol. The summed E-state index contributed by atoms with van der Waals surface area (Å²) in [4.78, 5) is 20.2. The van der Waals surface area contributed by atoms with E-state index in [1.807, 2.05) is 65.5 Å². The van der Waals surface area contributed by atoms with E-state index in [4.69, 9.17) is 24.7 Å². The van der Waals surface area contributed by atoms with Gasteiger partial charge in [0, 0.05) is 0 Å². The lowest BCUT2D eigenvalue weighted by Gasteiger charge is -2.43. The van der Waals surface area contributed by atoms with Gasteiger partial charge in [-0.3, -0.25) is 0 Å². The second-order valence-corrected chi connectivity index (χ2v) is 35.2. The van der Waals surface area contributed by atoms with E-state index in [0.717, 1.165) is 0 Å². The van der Waals surface area contributed by atoms with E-state index < -0.39 is 59.9 Å². The first-order chi connectivity index (χ1) is 12.2. The fourth-order valence-corrected chi connectivity index (χ4v) is 34.9. The van der Waals surface area contributed by atoms with Gasteiger partial charge >= 0.3 is 59.9 Å². The molecule has 0 saturated carbocycles. The summed E-state index contributed by atoms with van der Waals surface area (Å²) < 4.78 is 37.3. The normalized spacial score (nSPS) is 15.7. The third-order valence-corrected chi connectivity index (χ3v) is 26.6. The van der Waals surface area contributed by atoms with Crippen molar-refractivity contribution in [1.29, 1.82) is 0 Å². The smallest absolute Gasteiger partial charge is 0.320 e. The molecule has 0 aliphatic heterocycles. The zero-order chi connectivity index (χ0) is 23.7. The molecule has 0 aliphatic rings. The maximum absolute atomic E-state index is 10.1. The third-order valence-electron chi connectivity index (χ3n) is 2.96. The maximum atomic E-state index is 10.1. The molecule has 176 valence electrons. The summed E-state index contributed by atoms with van der Waals surface area (Å²) in [6, 6.07) is 0. The van der Waals surface area contributed by atoms with Crippen molar-refractivity contribution in [3.05, 3.63) is 0 Å². The van der Waals surface area contributed by atoms with Gasteiger partial charge in [-0.2, -0.15) is 0 Å². The maximum Gasteiger partial charge on any atom is 0.320 e. The summed E-state index contributed by atoms with van der Waals surface area (Å²) in [7, 11) is -18.2. The lowest BCUT2D eigenvalue weighted by molar-refractivity contribution is 0.259. The van der Waals surface area contributed by atoms with Gasteiger partial charge in [0.2, 0.25) is 0 Å². The van der Waals surface area contributed by atoms with Crippen LogP contribution < -0.4 is 0 Å². The zero-order valence-electron chi connectivity index (χ0n) is 20.8. The first-order valence-corrected chi connectivity index (χ1v) is 29.7. The second-order valence-electron chi connectivity index (χ2n) is 10.5. The summed E-state index contributed by atoms with van der Waals surface area (Å²) in [6.45, 7) is 26.5. The second kappa shape index (κ2) is 9.59. The Kier molecular flexibility index (Phi) is 9.99. The number of rotatable bonds is 12. The Morgan fingerprint density at radius 2 is 0.448 bits per heavy atom. The van der Waals surface area contributed by atoms with Crippen LogP contribution in [0.25, 0.3) is 0 Å². The van der Waals surface area contributed by atoms with Crippen LogP contribution >= 0.6 is 0 Å². The van der Waals surface area contributed by atoms with Crippen LogP contribution in [0.2, 0.25) is 91.7 Å². The largest absolute Gasteiger partial charge is 0.416 e. The van der Waals surface area contributed by atoms with Gasteiger partial charge in [-0.15, -0.1) is 0 Å². The molecule has 2 N–H and O–H groups in total. The monoisotopic (exact) mass is 536 g/mol. The van der Waals surface area contributed by atoms with Gasteiger partial charge in [0.25, 0.3) is 0 Å². The minimum atomic E-state index is -2.69. The Labute approximate surface area is 185 Å². The van der Waals surface area contributed by atoms with E-state index in [0.29, 0.717) is 0 Å². The van der Waals surface area contributed by atoms with Gasteiger partial charge in [0.15, 0.2) is 0 Å². The average Bonchev–Trinajstić information content (AvgIpc) is 2.10. The molecule has 0 rings (SSSR count). The molecule has 0 fully saturated rings. The van der Waals surface area contributed by atoms with Gasteiger partial charge in [-0.25, -0.2) is 0 Å². The molecule has 0 radical (unpaired) electrons. The number of hydrogen-bond donors (Lipinski definition) is 2. The van der Waals surface area contributed by atoms with Crippen LogP contribution in [0.3, 0.4) is 0 Å². The van der Waals surface area contributed by atoms with Crippen LogP contribution in [0.1, 0.15) is 0 Å². The topological polar surface area (TPSA) is 95.8 Å². The highest BCUT2D eigenvalue weighted by atomic mass is 28.5. The molecule has 0 unspecified atom stereocenters. The Hall–Kier alpha value is 1.20. The van der Waals surface area contributed by atoms with Crippen LogP contribution in [0, 0.1) is 0 Å².